The second-order valence-electron chi connectivity index (χ2n) is 8.47. The van der Waals surface area contributed by atoms with Crippen molar-refractivity contribution >= 4 is 23.4 Å². The molecule has 4 rings (SSSR count). The summed E-state index contributed by atoms with van der Waals surface area (Å²) < 4.78 is 14.9. The minimum Gasteiger partial charge on any atom is -0.365 e. The number of hydrogen-bond acceptors (Lipinski definition) is 4. The Morgan fingerprint density at radius 1 is 1.19 bits per heavy atom. The van der Waals surface area contributed by atoms with E-state index in [2.05, 4.69) is 34.7 Å². The van der Waals surface area contributed by atoms with Crippen LogP contribution in [0.2, 0.25) is 0 Å². The van der Waals surface area contributed by atoms with E-state index in [1.54, 1.807) is 12.4 Å². The van der Waals surface area contributed by atoms with Gasteiger partial charge in [-0.1, -0.05) is 43.6 Å². The molecule has 0 bridgehead atoms. The van der Waals surface area contributed by atoms with Crippen LogP contribution in [-0.4, -0.2) is 16.0 Å². The highest BCUT2D eigenvalue weighted by Crippen LogP contribution is 2.28. The highest BCUT2D eigenvalue weighted by Gasteiger charge is 2.15. The molecule has 1 fully saturated rings. The molecular formula is C27H31FN4. The van der Waals surface area contributed by atoms with Crippen LogP contribution in [0, 0.1) is 6.92 Å². The summed E-state index contributed by atoms with van der Waals surface area (Å²) in [6.45, 7) is 4.03. The number of benzene rings is 1. The van der Waals surface area contributed by atoms with Crippen molar-refractivity contribution in [3.63, 3.8) is 0 Å². The van der Waals surface area contributed by atoms with E-state index in [4.69, 9.17) is 4.98 Å². The molecular weight excluding hydrogens is 399 g/mol. The van der Waals surface area contributed by atoms with Gasteiger partial charge in [0.25, 0.3) is 0 Å². The molecule has 0 amide bonds. The minimum atomic E-state index is -0.270. The molecule has 1 aromatic heterocycles. The van der Waals surface area contributed by atoms with Crippen LogP contribution in [0.5, 0.6) is 0 Å². The van der Waals surface area contributed by atoms with Crippen LogP contribution in [0.25, 0.3) is 17.5 Å². The lowest BCUT2D eigenvalue weighted by molar-refractivity contribution is 0.461. The molecule has 1 aliphatic carbocycles. The molecule has 2 heterocycles. The zero-order valence-electron chi connectivity index (χ0n) is 18.9. The van der Waals surface area contributed by atoms with E-state index in [1.807, 2.05) is 37.3 Å². The second-order valence-corrected chi connectivity index (χ2v) is 8.47. The second kappa shape index (κ2) is 10.4. The van der Waals surface area contributed by atoms with E-state index in [0.717, 1.165) is 28.0 Å². The van der Waals surface area contributed by atoms with Gasteiger partial charge in [-0.15, -0.1) is 0 Å². The monoisotopic (exact) mass is 430 g/mol. The summed E-state index contributed by atoms with van der Waals surface area (Å²) in [6.07, 6.45) is 19.8. The van der Waals surface area contributed by atoms with Crippen molar-refractivity contribution in [3.8, 4) is 0 Å². The fourth-order valence-electron chi connectivity index (χ4n) is 4.37. The maximum Gasteiger partial charge on any atom is 0.223 e. The van der Waals surface area contributed by atoms with Crippen LogP contribution in [-0.2, 0) is 6.42 Å². The highest BCUT2D eigenvalue weighted by molar-refractivity contribution is 5.74. The van der Waals surface area contributed by atoms with E-state index in [9.17, 15) is 4.39 Å². The highest BCUT2D eigenvalue weighted by atomic mass is 19.1. The van der Waals surface area contributed by atoms with Gasteiger partial charge in [-0.2, -0.15) is 0 Å². The summed E-state index contributed by atoms with van der Waals surface area (Å²) in [4.78, 5) is 9.21. The zero-order chi connectivity index (χ0) is 22.3. The number of halogens is 1. The number of hydrogen-bond donors (Lipinski definition) is 2. The Balaban J connectivity index is 1.64. The maximum absolute atomic E-state index is 14.9. The average Bonchev–Trinajstić information content (AvgIpc) is 2.80. The van der Waals surface area contributed by atoms with E-state index < -0.39 is 0 Å². The fourth-order valence-corrected chi connectivity index (χ4v) is 4.37. The molecule has 2 aliphatic rings. The summed E-state index contributed by atoms with van der Waals surface area (Å²) >= 11 is 0. The van der Waals surface area contributed by atoms with Crippen molar-refractivity contribution in [2.24, 2.45) is 0 Å². The quantitative estimate of drug-likeness (QED) is 0.576. The van der Waals surface area contributed by atoms with Gasteiger partial charge in [-0.05, 0) is 73.6 Å². The number of nitrogens with one attached hydrogen (secondary N) is 2. The van der Waals surface area contributed by atoms with Gasteiger partial charge in [-0.25, -0.2) is 14.4 Å². The zero-order valence-corrected chi connectivity index (χ0v) is 18.9. The van der Waals surface area contributed by atoms with Crippen LogP contribution in [0.3, 0.4) is 0 Å². The number of aryl methyl sites for hydroxylation is 1. The van der Waals surface area contributed by atoms with Crippen LogP contribution in [0.4, 0.5) is 10.3 Å². The molecule has 0 atom stereocenters. The summed E-state index contributed by atoms with van der Waals surface area (Å²) in [5.74, 6) is 0.403. The Kier molecular flexibility index (Phi) is 7.15. The third-order valence-electron chi connectivity index (χ3n) is 6.10. The molecule has 1 saturated carbocycles. The van der Waals surface area contributed by atoms with Gasteiger partial charge >= 0.3 is 0 Å². The first-order valence-corrected chi connectivity index (χ1v) is 11.5. The van der Waals surface area contributed by atoms with E-state index in [1.165, 1.54) is 38.3 Å². The molecule has 2 N–H and O–H groups in total. The van der Waals surface area contributed by atoms with Crippen molar-refractivity contribution in [2.75, 3.05) is 5.32 Å². The van der Waals surface area contributed by atoms with Gasteiger partial charge in [0.05, 0.1) is 5.69 Å². The topological polar surface area (TPSA) is 49.8 Å². The molecule has 2 aromatic rings. The summed E-state index contributed by atoms with van der Waals surface area (Å²) in [7, 11) is 0. The summed E-state index contributed by atoms with van der Waals surface area (Å²) in [5.41, 5.74) is 5.55. The van der Waals surface area contributed by atoms with E-state index >= 15 is 0 Å². The predicted molar refractivity (Wildman–Crippen MR) is 131 cm³/mol. The van der Waals surface area contributed by atoms with Crippen molar-refractivity contribution in [1.82, 2.24) is 15.3 Å². The van der Waals surface area contributed by atoms with Crippen molar-refractivity contribution in [1.29, 1.82) is 0 Å². The lowest BCUT2D eigenvalue weighted by Crippen LogP contribution is -2.23. The number of aromatic nitrogens is 2. The number of anilines is 1. The van der Waals surface area contributed by atoms with E-state index in [-0.39, 0.29) is 5.83 Å². The Morgan fingerprint density at radius 2 is 2.03 bits per heavy atom. The Hall–Kier alpha value is -3.21. The molecule has 1 aliphatic heterocycles. The first kappa shape index (κ1) is 22.0. The number of nitrogens with zero attached hydrogens (tertiary/aromatic N) is 2. The number of rotatable bonds is 4. The molecule has 0 spiro atoms. The van der Waals surface area contributed by atoms with Gasteiger partial charge < -0.3 is 10.6 Å². The van der Waals surface area contributed by atoms with Crippen molar-refractivity contribution in [2.45, 2.75) is 58.4 Å². The lowest BCUT2D eigenvalue weighted by Gasteiger charge is -2.22. The maximum atomic E-state index is 14.9. The Bertz CT molecular complexity index is 1080. The van der Waals surface area contributed by atoms with Crippen molar-refractivity contribution in [3.05, 3.63) is 83.0 Å². The first-order chi connectivity index (χ1) is 15.6. The third-order valence-corrected chi connectivity index (χ3v) is 6.10. The molecule has 0 saturated heterocycles. The predicted octanol–water partition coefficient (Wildman–Crippen LogP) is 6.57. The van der Waals surface area contributed by atoms with Gasteiger partial charge in [-0.3, -0.25) is 0 Å². The van der Waals surface area contributed by atoms with E-state index in [0.29, 0.717) is 24.0 Å². The van der Waals surface area contributed by atoms with Gasteiger partial charge in [0.15, 0.2) is 0 Å². The van der Waals surface area contributed by atoms with Gasteiger partial charge in [0, 0.05) is 30.2 Å². The standard InChI is InChI=1S/C27H31FN4/c1-3-7-21-17-24-22(16-19(21)2)11-10-20(12-14-29-18-25(24)28)26-13-15-30-27(32-26)31-23-8-5-4-6-9-23/h3,7,10,12-18,23,29H,4-6,8-9,11H2,1-2H3,(H,30,31,32)/b7-3-,14-12-,20-10+,25-18?. The van der Waals surface area contributed by atoms with Crippen LogP contribution in [0.15, 0.2) is 55.0 Å². The van der Waals surface area contributed by atoms with Crippen molar-refractivity contribution < 1.29 is 4.39 Å². The molecule has 0 radical (unpaired) electrons. The number of fused-ring (bicyclic) bond motifs is 1. The molecule has 0 unspecified atom stereocenters. The lowest BCUT2D eigenvalue weighted by atomic mass is 9.95. The molecule has 5 heteroatoms. The Morgan fingerprint density at radius 3 is 2.84 bits per heavy atom. The molecule has 32 heavy (non-hydrogen) atoms. The first-order valence-electron chi connectivity index (χ1n) is 11.5. The van der Waals surface area contributed by atoms with Crippen LogP contribution in [0.1, 0.15) is 67.0 Å². The summed E-state index contributed by atoms with van der Waals surface area (Å²) in [6, 6.07) is 6.37. The number of allylic oxidation sites excluding steroid dienone is 4. The average molecular weight is 431 g/mol. The minimum absolute atomic E-state index is 0.270. The molecule has 166 valence electrons. The molecule has 4 nitrogen and oxygen atoms in total. The fraction of sp³-hybridized carbons (Fsp3) is 0.333. The SMILES string of the molecule is C/C=C\c1cc2c(cc1C)C/C=C(c1ccnc(NC3CCCCC3)n1)\C=C/NC=C2F. The van der Waals surface area contributed by atoms with Crippen LogP contribution >= 0.6 is 0 Å². The van der Waals surface area contributed by atoms with Gasteiger partial charge in [0.2, 0.25) is 5.95 Å². The largest absolute Gasteiger partial charge is 0.365 e. The molecule has 1 aromatic carbocycles. The normalized spacial score (nSPS) is 20.0. The smallest absolute Gasteiger partial charge is 0.223 e. The Labute approximate surface area is 190 Å². The third kappa shape index (κ3) is 5.34. The van der Waals surface area contributed by atoms with Crippen LogP contribution < -0.4 is 10.6 Å². The summed E-state index contributed by atoms with van der Waals surface area (Å²) in [5, 5.41) is 6.46. The van der Waals surface area contributed by atoms with Gasteiger partial charge in [0.1, 0.15) is 5.83 Å².